The van der Waals surface area contributed by atoms with Crippen LogP contribution in [0.5, 0.6) is 0 Å². The maximum Gasteiger partial charge on any atom is 0.197 e. The highest BCUT2D eigenvalue weighted by atomic mass is 79.9. The lowest BCUT2D eigenvalue weighted by Gasteiger charge is -2.10. The van der Waals surface area contributed by atoms with Gasteiger partial charge in [0.2, 0.25) is 0 Å². The van der Waals surface area contributed by atoms with E-state index in [-0.39, 0.29) is 4.47 Å². The molecule has 2 nitrogen and oxygen atoms in total. The third kappa shape index (κ3) is 2.41. The van der Waals surface area contributed by atoms with E-state index >= 15 is 0 Å². The van der Waals surface area contributed by atoms with Crippen molar-refractivity contribution in [1.29, 1.82) is 0 Å². The number of halogens is 3. The molecule has 0 aliphatic carbocycles. The van der Waals surface area contributed by atoms with Gasteiger partial charge in [0.25, 0.3) is 0 Å². The Hall–Kier alpha value is -0.810. The van der Waals surface area contributed by atoms with E-state index in [9.17, 15) is 13.6 Å². The number of hydrogen-bond donors (Lipinski definition) is 0. The van der Waals surface area contributed by atoms with Crippen LogP contribution in [0.4, 0.5) is 8.78 Å². The van der Waals surface area contributed by atoms with Crippen LogP contribution in [0.15, 0.2) is 16.6 Å². The third-order valence-corrected chi connectivity index (χ3v) is 2.63. The van der Waals surface area contributed by atoms with Crippen LogP contribution in [-0.4, -0.2) is 19.0 Å². The monoisotopic (exact) mass is 278 g/mol. The minimum Gasteiger partial charge on any atom is -0.374 e. The lowest BCUT2D eigenvalue weighted by molar-refractivity contribution is 0.0646. The van der Waals surface area contributed by atoms with Crippen LogP contribution in [0.1, 0.15) is 17.3 Å². The first-order chi connectivity index (χ1) is 6.99. The number of carbonyl (C=O) groups is 1. The van der Waals surface area contributed by atoms with Gasteiger partial charge in [0, 0.05) is 7.11 Å². The molecule has 1 unspecified atom stereocenters. The SMILES string of the molecule is COC(C)C(=O)c1c(F)ccc(Br)c1F. The summed E-state index contributed by atoms with van der Waals surface area (Å²) in [6.45, 7) is 1.43. The van der Waals surface area contributed by atoms with E-state index in [2.05, 4.69) is 15.9 Å². The molecule has 1 aromatic carbocycles. The molecule has 0 radical (unpaired) electrons. The van der Waals surface area contributed by atoms with E-state index in [1.54, 1.807) is 0 Å². The summed E-state index contributed by atoms with van der Waals surface area (Å²) >= 11 is 2.88. The van der Waals surface area contributed by atoms with Gasteiger partial charge in [0.05, 0.1) is 10.0 Å². The first-order valence-corrected chi connectivity index (χ1v) is 4.98. The predicted octanol–water partition coefficient (Wildman–Crippen LogP) is 2.94. The Morgan fingerprint density at radius 3 is 2.60 bits per heavy atom. The number of ketones is 1. The van der Waals surface area contributed by atoms with Crippen molar-refractivity contribution in [2.75, 3.05) is 7.11 Å². The molecule has 1 aromatic rings. The van der Waals surface area contributed by atoms with Crippen LogP contribution in [0.3, 0.4) is 0 Å². The van der Waals surface area contributed by atoms with Crippen molar-refractivity contribution < 1.29 is 18.3 Å². The molecule has 0 fully saturated rings. The third-order valence-electron chi connectivity index (χ3n) is 2.01. The van der Waals surface area contributed by atoms with E-state index in [4.69, 9.17) is 4.74 Å². The van der Waals surface area contributed by atoms with Crippen molar-refractivity contribution in [2.45, 2.75) is 13.0 Å². The number of rotatable bonds is 3. The molecule has 1 rings (SSSR count). The number of methoxy groups -OCH3 is 1. The number of benzene rings is 1. The molecule has 82 valence electrons. The predicted molar refractivity (Wildman–Crippen MR) is 54.9 cm³/mol. The Morgan fingerprint density at radius 1 is 1.47 bits per heavy atom. The second kappa shape index (κ2) is 4.81. The largest absolute Gasteiger partial charge is 0.374 e. The number of ether oxygens (including phenoxy) is 1. The molecule has 1 atom stereocenters. The van der Waals surface area contributed by atoms with Gasteiger partial charge >= 0.3 is 0 Å². The zero-order valence-corrected chi connectivity index (χ0v) is 9.77. The smallest absolute Gasteiger partial charge is 0.197 e. The van der Waals surface area contributed by atoms with Gasteiger partial charge in [0.1, 0.15) is 11.9 Å². The molecule has 0 heterocycles. The molecular formula is C10H9BrF2O2. The fraction of sp³-hybridized carbons (Fsp3) is 0.300. The molecule has 0 spiro atoms. The van der Waals surface area contributed by atoms with Crippen LogP contribution >= 0.6 is 15.9 Å². The van der Waals surface area contributed by atoms with Gasteiger partial charge in [-0.1, -0.05) is 0 Å². The lowest BCUT2D eigenvalue weighted by Crippen LogP contribution is -2.21. The summed E-state index contributed by atoms with van der Waals surface area (Å²) in [4.78, 5) is 11.5. The van der Waals surface area contributed by atoms with Gasteiger partial charge in [-0.25, -0.2) is 8.78 Å². The molecule has 15 heavy (non-hydrogen) atoms. The maximum absolute atomic E-state index is 13.4. The minimum absolute atomic E-state index is 0.0514. The fourth-order valence-electron chi connectivity index (χ4n) is 1.06. The molecule has 0 bridgehead atoms. The summed E-state index contributed by atoms with van der Waals surface area (Å²) in [5.74, 6) is -2.50. The number of carbonyl (C=O) groups excluding carboxylic acids is 1. The highest BCUT2D eigenvalue weighted by molar-refractivity contribution is 9.10. The van der Waals surface area contributed by atoms with Crippen molar-refractivity contribution in [3.8, 4) is 0 Å². The molecule has 0 aliphatic rings. The van der Waals surface area contributed by atoms with Crippen LogP contribution in [0.25, 0.3) is 0 Å². The summed E-state index contributed by atoms with van der Waals surface area (Å²) in [7, 11) is 1.30. The zero-order chi connectivity index (χ0) is 11.6. The average Bonchev–Trinajstić information content (AvgIpc) is 2.22. The van der Waals surface area contributed by atoms with Crippen LogP contribution < -0.4 is 0 Å². The molecule has 0 amide bonds. The molecule has 0 aliphatic heterocycles. The Kier molecular flexibility index (Phi) is 3.93. The van der Waals surface area contributed by atoms with E-state index < -0.39 is 29.1 Å². The Labute approximate surface area is 94.4 Å². The zero-order valence-electron chi connectivity index (χ0n) is 8.18. The topological polar surface area (TPSA) is 26.3 Å². The normalized spacial score (nSPS) is 12.6. The quantitative estimate of drug-likeness (QED) is 0.628. The first kappa shape index (κ1) is 12.3. The molecule has 0 aromatic heterocycles. The van der Waals surface area contributed by atoms with Gasteiger partial charge in [-0.15, -0.1) is 0 Å². The average molecular weight is 279 g/mol. The summed E-state index contributed by atoms with van der Waals surface area (Å²) < 4.78 is 31.5. The molecular weight excluding hydrogens is 270 g/mol. The van der Waals surface area contributed by atoms with Crippen molar-refractivity contribution in [3.63, 3.8) is 0 Å². The summed E-state index contributed by atoms with van der Waals surface area (Å²) in [6.07, 6.45) is -0.872. The second-order valence-electron chi connectivity index (χ2n) is 2.96. The summed E-state index contributed by atoms with van der Waals surface area (Å²) in [5, 5.41) is 0. The van der Waals surface area contributed by atoms with Crippen molar-refractivity contribution in [1.82, 2.24) is 0 Å². The second-order valence-corrected chi connectivity index (χ2v) is 3.81. The van der Waals surface area contributed by atoms with Crippen LogP contribution in [0.2, 0.25) is 0 Å². The number of hydrogen-bond acceptors (Lipinski definition) is 2. The molecule has 0 saturated heterocycles. The van der Waals surface area contributed by atoms with E-state index in [0.717, 1.165) is 6.07 Å². The van der Waals surface area contributed by atoms with Crippen molar-refractivity contribution >= 4 is 21.7 Å². The maximum atomic E-state index is 13.4. The van der Waals surface area contributed by atoms with Gasteiger partial charge < -0.3 is 4.74 Å². The first-order valence-electron chi connectivity index (χ1n) is 4.19. The van der Waals surface area contributed by atoms with Gasteiger partial charge in [-0.3, -0.25) is 4.79 Å². The molecule has 0 N–H and O–H groups in total. The Balaban J connectivity index is 3.24. The fourth-order valence-corrected chi connectivity index (χ4v) is 1.39. The van der Waals surface area contributed by atoms with Crippen molar-refractivity contribution in [3.05, 3.63) is 33.8 Å². The van der Waals surface area contributed by atoms with Crippen LogP contribution in [-0.2, 0) is 4.74 Å². The Bertz CT molecular complexity index is 393. The summed E-state index contributed by atoms with van der Waals surface area (Å²) in [5.41, 5.74) is -0.571. The minimum atomic E-state index is -0.899. The van der Waals surface area contributed by atoms with E-state index in [1.807, 2.05) is 0 Å². The molecule has 5 heteroatoms. The highest BCUT2D eigenvalue weighted by Crippen LogP contribution is 2.23. The van der Waals surface area contributed by atoms with E-state index in [1.165, 1.54) is 20.1 Å². The summed E-state index contributed by atoms with van der Waals surface area (Å²) in [6, 6.07) is 2.24. The van der Waals surface area contributed by atoms with E-state index in [0.29, 0.717) is 0 Å². The highest BCUT2D eigenvalue weighted by Gasteiger charge is 2.23. The van der Waals surface area contributed by atoms with Crippen molar-refractivity contribution in [2.24, 2.45) is 0 Å². The van der Waals surface area contributed by atoms with Gasteiger partial charge in [-0.05, 0) is 35.0 Å². The number of Topliss-reactive ketones (excluding diaryl/α,β-unsaturated/α-hetero) is 1. The molecule has 0 saturated carbocycles. The lowest BCUT2D eigenvalue weighted by atomic mass is 10.1. The van der Waals surface area contributed by atoms with Gasteiger partial charge in [0.15, 0.2) is 11.6 Å². The van der Waals surface area contributed by atoms with Gasteiger partial charge in [-0.2, -0.15) is 0 Å². The standard InChI is InChI=1S/C10H9BrF2O2/c1-5(15-2)10(14)8-7(12)4-3-6(11)9(8)13/h3-5H,1-2H3. The van der Waals surface area contributed by atoms with Crippen LogP contribution in [0, 0.1) is 11.6 Å². The Morgan fingerprint density at radius 2 is 2.07 bits per heavy atom.